The lowest BCUT2D eigenvalue weighted by molar-refractivity contribution is 2.20. The van der Waals surface area contributed by atoms with Crippen LogP contribution in [0.25, 0.3) is 18.8 Å². The summed E-state index contributed by atoms with van der Waals surface area (Å²) in [6.07, 6.45) is 0. The quantitative estimate of drug-likeness (QED) is 0.478. The van der Waals surface area contributed by atoms with Gasteiger partial charge in [-0.2, -0.15) is 0 Å². The van der Waals surface area contributed by atoms with Crippen molar-refractivity contribution in [3.05, 3.63) is 12.1 Å². The Morgan fingerprint density at radius 3 is 1.10 bits per heavy atom. The molecule has 0 atom stereocenters. The molecular weight excluding hydrogens is 200 g/mol. The minimum atomic E-state index is 1.47. The summed E-state index contributed by atoms with van der Waals surface area (Å²) < 4.78 is 5.88. The van der Waals surface area contributed by atoms with Crippen LogP contribution in [0.15, 0.2) is 12.1 Å². The maximum atomic E-state index is 2.30. The lowest BCUT2D eigenvalue weighted by Crippen LogP contribution is -1.69. The molecule has 0 bridgehead atoms. The van der Waals surface area contributed by atoms with Crippen LogP contribution in [0, 0.1) is 0 Å². The normalized spacial score (nSPS) is 12.0. The number of rotatable bonds is 0. The summed E-state index contributed by atoms with van der Waals surface area (Å²) in [7, 11) is 7.53. The molecule has 0 aliphatic heterocycles. The zero-order chi connectivity index (χ0) is 6.55. The Morgan fingerprint density at radius 2 is 0.900 bits per heavy atom. The van der Waals surface area contributed by atoms with Crippen LogP contribution < -0.4 is 0 Å². The molecule has 10 heavy (non-hydrogen) atoms. The monoisotopic (exact) mass is 202 g/mol. The summed E-state index contributed by atoms with van der Waals surface area (Å²) in [4.78, 5) is 0. The minimum absolute atomic E-state index is 1.47. The maximum Gasteiger partial charge on any atom is 0.0573 e. The molecule has 0 aliphatic carbocycles. The molecule has 4 heteroatoms. The van der Waals surface area contributed by atoms with Gasteiger partial charge >= 0.3 is 0 Å². The molecule has 0 spiro atoms. The summed E-state index contributed by atoms with van der Waals surface area (Å²) >= 11 is 0. The van der Waals surface area contributed by atoms with Crippen molar-refractivity contribution in [1.82, 2.24) is 0 Å². The molecule has 2 aromatic heterocycles. The van der Waals surface area contributed by atoms with Gasteiger partial charge in [-0.15, -0.1) is 0 Å². The summed E-state index contributed by atoms with van der Waals surface area (Å²) in [5, 5.41) is 0. The van der Waals surface area contributed by atoms with Gasteiger partial charge in [-0.1, -0.05) is 41.4 Å². The van der Waals surface area contributed by atoms with Gasteiger partial charge in [-0.05, 0) is 12.1 Å². The summed E-state index contributed by atoms with van der Waals surface area (Å²) in [6.45, 7) is 0. The molecule has 0 nitrogen and oxygen atoms in total. The lowest BCUT2D eigenvalue weighted by Gasteiger charge is -2.02. The van der Waals surface area contributed by atoms with Crippen molar-refractivity contribution in [3.63, 3.8) is 0 Å². The second kappa shape index (κ2) is 1.82. The average Bonchev–Trinajstić information content (AvgIpc) is 1.82. The van der Waals surface area contributed by atoms with E-state index in [-0.39, 0.29) is 0 Å². The van der Waals surface area contributed by atoms with Crippen molar-refractivity contribution in [2.24, 2.45) is 0 Å². The number of hydrogen-bond donors (Lipinski definition) is 0. The molecule has 1 aromatic carbocycles. The lowest BCUT2D eigenvalue weighted by atomic mass is 10.4. The number of fused-ring (bicyclic) bond motifs is 2. The fourth-order valence-corrected chi connectivity index (χ4v) is 4.73. The smallest absolute Gasteiger partial charge is 0.0573 e. The predicted molar refractivity (Wildman–Crippen MR) is 53.0 cm³/mol. The molecule has 0 fully saturated rings. The third-order valence-electron chi connectivity index (χ3n) is 1.45. The molecule has 3 rings (SSSR count). The van der Waals surface area contributed by atoms with Crippen LogP contribution in [0.3, 0.4) is 0 Å². The molecule has 0 unspecified atom stereocenters. The zero-order valence-electron chi connectivity index (χ0n) is 4.79. The molecule has 0 N–H and O–H groups in total. The summed E-state index contributed by atoms with van der Waals surface area (Å²) in [5.74, 6) is 0. The molecule has 3 aromatic rings. The highest BCUT2D eigenvalue weighted by atomic mass is 32.9. The highest BCUT2D eigenvalue weighted by Crippen LogP contribution is 2.41. The second-order valence-electron chi connectivity index (χ2n) is 2.08. The van der Waals surface area contributed by atoms with Crippen molar-refractivity contribution in [1.29, 1.82) is 0 Å². The first-order valence-corrected chi connectivity index (χ1v) is 7.10. The molecule has 2 heterocycles. The molecular formula is C6H2S4. The first-order valence-electron chi connectivity index (χ1n) is 2.80. The van der Waals surface area contributed by atoms with Gasteiger partial charge in [0.2, 0.25) is 0 Å². The molecule has 50 valence electrons. The highest BCUT2D eigenvalue weighted by Gasteiger charge is 2.04. The molecule has 0 amide bonds. The first-order chi connectivity index (χ1) is 4.93. The molecule has 0 saturated heterocycles. The van der Waals surface area contributed by atoms with Crippen LogP contribution >= 0.6 is 41.4 Å². The topological polar surface area (TPSA) is 0 Å². The van der Waals surface area contributed by atoms with Crippen LogP contribution in [0.5, 0.6) is 0 Å². The van der Waals surface area contributed by atoms with Crippen molar-refractivity contribution in [2.75, 3.05) is 0 Å². The van der Waals surface area contributed by atoms with E-state index >= 15 is 0 Å². The van der Waals surface area contributed by atoms with Gasteiger partial charge in [0.05, 0.1) is 18.8 Å². The van der Waals surface area contributed by atoms with Crippen LogP contribution in [-0.4, -0.2) is 0 Å². The van der Waals surface area contributed by atoms with E-state index in [1.165, 1.54) is 18.8 Å². The van der Waals surface area contributed by atoms with Crippen LogP contribution in [0.1, 0.15) is 0 Å². The van der Waals surface area contributed by atoms with E-state index in [0.717, 1.165) is 0 Å². The van der Waals surface area contributed by atoms with Crippen LogP contribution in [0.4, 0.5) is 0 Å². The number of benzene rings is 1. The average molecular weight is 202 g/mol. The van der Waals surface area contributed by atoms with E-state index in [0.29, 0.717) is 0 Å². The van der Waals surface area contributed by atoms with Gasteiger partial charge in [-0.25, -0.2) is 0 Å². The van der Waals surface area contributed by atoms with Crippen molar-refractivity contribution in [2.45, 2.75) is 0 Å². The van der Waals surface area contributed by atoms with Crippen LogP contribution in [-0.2, 0) is 0 Å². The Hall–Kier alpha value is 0.100. The molecule has 0 saturated carbocycles. The Balaban J connectivity index is 2.61. The Bertz CT molecular complexity index is 379. The van der Waals surface area contributed by atoms with Gasteiger partial charge in [0.25, 0.3) is 0 Å². The SMILES string of the molecule is c1c2ssc2cc2ssc12. The Morgan fingerprint density at radius 1 is 0.600 bits per heavy atom. The van der Waals surface area contributed by atoms with Crippen molar-refractivity contribution < 1.29 is 0 Å². The zero-order valence-corrected chi connectivity index (χ0v) is 8.05. The van der Waals surface area contributed by atoms with Gasteiger partial charge < -0.3 is 0 Å². The third-order valence-corrected chi connectivity index (χ3v) is 6.60. The predicted octanol–water partition coefficient (Wildman–Crippen LogP) is 4.24. The van der Waals surface area contributed by atoms with Gasteiger partial charge in [0.15, 0.2) is 0 Å². The second-order valence-corrected chi connectivity index (χ2v) is 6.50. The molecule has 0 aliphatic rings. The number of hydrogen-bond acceptors (Lipinski definition) is 4. The summed E-state index contributed by atoms with van der Waals surface area (Å²) in [5.41, 5.74) is 0. The van der Waals surface area contributed by atoms with E-state index in [2.05, 4.69) is 12.1 Å². The van der Waals surface area contributed by atoms with E-state index in [4.69, 9.17) is 0 Å². The van der Waals surface area contributed by atoms with Gasteiger partial charge in [0, 0.05) is 0 Å². The van der Waals surface area contributed by atoms with E-state index < -0.39 is 0 Å². The van der Waals surface area contributed by atoms with E-state index in [1.54, 1.807) is 0 Å². The van der Waals surface area contributed by atoms with Crippen molar-refractivity contribution >= 4 is 60.2 Å². The van der Waals surface area contributed by atoms with Gasteiger partial charge in [0.1, 0.15) is 0 Å². The third kappa shape index (κ3) is 0.599. The van der Waals surface area contributed by atoms with E-state index in [1.807, 2.05) is 41.4 Å². The minimum Gasteiger partial charge on any atom is -0.0785 e. The van der Waals surface area contributed by atoms with E-state index in [9.17, 15) is 0 Å². The summed E-state index contributed by atoms with van der Waals surface area (Å²) in [6, 6.07) is 4.60. The Labute approximate surface area is 72.1 Å². The Kier molecular flexibility index (Phi) is 1.04. The standard InChI is InChI=1S/C6H2S4/c1-3-5(9-7-3)2-6-4(1)8-10-6/h1-2H. The molecule has 0 radical (unpaired) electrons. The fraction of sp³-hybridized carbons (Fsp3) is 0. The maximum absolute atomic E-state index is 2.30. The largest absolute Gasteiger partial charge is 0.0785 e. The van der Waals surface area contributed by atoms with Gasteiger partial charge in [-0.3, -0.25) is 0 Å². The highest BCUT2D eigenvalue weighted by molar-refractivity contribution is 7.80. The first kappa shape index (κ1) is 5.71. The van der Waals surface area contributed by atoms with Crippen LogP contribution in [0.2, 0.25) is 0 Å². The van der Waals surface area contributed by atoms with Crippen molar-refractivity contribution in [3.8, 4) is 0 Å². The fourth-order valence-electron chi connectivity index (χ4n) is 0.895.